The van der Waals surface area contributed by atoms with Crippen LogP contribution in [0, 0.1) is 0 Å². The number of piperidine rings is 1. The Hall–Kier alpha value is -2.05. The van der Waals surface area contributed by atoms with Gasteiger partial charge < -0.3 is 9.64 Å². The Labute approximate surface area is 155 Å². The van der Waals surface area contributed by atoms with Gasteiger partial charge in [-0.3, -0.25) is 0 Å². The van der Waals surface area contributed by atoms with Gasteiger partial charge in [0.15, 0.2) is 0 Å². The lowest BCUT2D eigenvalue weighted by molar-refractivity contribution is 0.279. The van der Waals surface area contributed by atoms with Crippen molar-refractivity contribution in [2.75, 3.05) is 24.6 Å². The van der Waals surface area contributed by atoms with E-state index in [2.05, 4.69) is 9.62 Å². The number of nitrogens with zero attached hydrogens (tertiary/aromatic N) is 1. The van der Waals surface area contributed by atoms with Crippen LogP contribution >= 0.6 is 0 Å². The molecule has 0 saturated carbocycles. The molecule has 2 aliphatic heterocycles. The molecular formula is C20H24N2O3S. The summed E-state index contributed by atoms with van der Waals surface area (Å²) in [5.74, 6) is 0.455. The van der Waals surface area contributed by atoms with E-state index < -0.39 is 10.0 Å². The van der Waals surface area contributed by atoms with Gasteiger partial charge in [0.05, 0.1) is 11.7 Å². The summed E-state index contributed by atoms with van der Waals surface area (Å²) in [5.41, 5.74) is 1.85. The molecule has 2 heterocycles. The predicted molar refractivity (Wildman–Crippen MR) is 102 cm³/mol. The summed E-state index contributed by atoms with van der Waals surface area (Å²) < 4.78 is 35.1. The summed E-state index contributed by atoms with van der Waals surface area (Å²) in [4.78, 5) is 2.46. The minimum Gasteiger partial charge on any atom is -0.490 e. The molecule has 0 bridgehead atoms. The molecular weight excluding hydrogens is 348 g/mol. The van der Waals surface area contributed by atoms with Crippen molar-refractivity contribution in [3.63, 3.8) is 0 Å². The summed E-state index contributed by atoms with van der Waals surface area (Å²) in [6.45, 7) is 2.10. The van der Waals surface area contributed by atoms with Gasteiger partial charge in [-0.2, -0.15) is 0 Å². The highest BCUT2D eigenvalue weighted by atomic mass is 32.2. The van der Waals surface area contributed by atoms with Gasteiger partial charge in [-0.25, -0.2) is 13.1 Å². The highest BCUT2D eigenvalue weighted by molar-refractivity contribution is 7.89. The predicted octanol–water partition coefficient (Wildman–Crippen LogP) is 2.96. The van der Waals surface area contributed by atoms with Gasteiger partial charge in [-0.15, -0.1) is 0 Å². The number of rotatable bonds is 3. The summed E-state index contributed by atoms with van der Waals surface area (Å²) in [6.07, 6.45) is 3.99. The molecule has 1 atom stereocenters. The van der Waals surface area contributed by atoms with Crippen LogP contribution in [0.1, 0.15) is 24.8 Å². The molecule has 5 nitrogen and oxygen atoms in total. The van der Waals surface area contributed by atoms with E-state index in [0.29, 0.717) is 18.8 Å². The van der Waals surface area contributed by atoms with E-state index in [4.69, 9.17) is 4.74 Å². The van der Waals surface area contributed by atoms with E-state index in [1.54, 1.807) is 6.07 Å². The second kappa shape index (κ2) is 7.29. The lowest BCUT2D eigenvalue weighted by atomic mass is 10.1. The third-order valence-electron chi connectivity index (χ3n) is 5.01. The van der Waals surface area contributed by atoms with Crippen molar-refractivity contribution in [1.82, 2.24) is 4.72 Å². The van der Waals surface area contributed by atoms with Gasteiger partial charge >= 0.3 is 0 Å². The lowest BCUT2D eigenvalue weighted by Gasteiger charge is -2.30. The van der Waals surface area contributed by atoms with E-state index in [9.17, 15) is 8.42 Å². The molecule has 6 heteroatoms. The monoisotopic (exact) mass is 372 g/mol. The number of nitrogens with one attached hydrogen (secondary N) is 1. The lowest BCUT2D eigenvalue weighted by Crippen LogP contribution is -2.39. The van der Waals surface area contributed by atoms with Crippen LogP contribution in [-0.2, 0) is 16.4 Å². The third kappa shape index (κ3) is 3.57. The quantitative estimate of drug-likeness (QED) is 0.900. The van der Waals surface area contributed by atoms with E-state index in [1.807, 2.05) is 42.5 Å². The molecule has 26 heavy (non-hydrogen) atoms. The van der Waals surface area contributed by atoms with Gasteiger partial charge in [0, 0.05) is 13.1 Å². The largest absolute Gasteiger partial charge is 0.490 e. The normalized spacial score (nSPS) is 22.2. The molecule has 1 N–H and O–H groups in total. The van der Waals surface area contributed by atoms with Crippen LogP contribution in [0.25, 0.3) is 0 Å². The second-order valence-corrected chi connectivity index (χ2v) is 8.62. The van der Waals surface area contributed by atoms with Gasteiger partial charge in [0.2, 0.25) is 10.0 Å². The van der Waals surface area contributed by atoms with Crippen LogP contribution in [0.2, 0.25) is 0 Å². The Kier molecular flexibility index (Phi) is 4.87. The zero-order chi connectivity index (χ0) is 18.0. The van der Waals surface area contributed by atoms with Crippen LogP contribution in [0.5, 0.6) is 5.75 Å². The highest BCUT2D eigenvalue weighted by Gasteiger charge is 2.32. The molecule has 138 valence electrons. The Balaban J connectivity index is 1.65. The summed E-state index contributed by atoms with van der Waals surface area (Å²) in [5, 5.41) is 0. The van der Waals surface area contributed by atoms with Crippen molar-refractivity contribution in [2.45, 2.75) is 36.6 Å². The zero-order valence-electron chi connectivity index (χ0n) is 14.7. The average Bonchev–Trinajstić information content (AvgIpc) is 2.79. The van der Waals surface area contributed by atoms with Gasteiger partial charge in [-0.05, 0) is 43.4 Å². The third-order valence-corrected chi connectivity index (χ3v) is 6.60. The Morgan fingerprint density at radius 1 is 1.00 bits per heavy atom. The summed E-state index contributed by atoms with van der Waals surface area (Å²) in [7, 11) is -3.64. The van der Waals surface area contributed by atoms with Crippen molar-refractivity contribution >= 4 is 15.7 Å². The van der Waals surface area contributed by atoms with E-state index in [0.717, 1.165) is 37.2 Å². The molecule has 0 unspecified atom stereocenters. The Morgan fingerprint density at radius 2 is 1.77 bits per heavy atom. The smallest absolute Gasteiger partial charge is 0.246 e. The fourth-order valence-electron chi connectivity index (χ4n) is 3.77. The van der Waals surface area contributed by atoms with Crippen LogP contribution < -0.4 is 14.4 Å². The second-order valence-electron chi connectivity index (χ2n) is 6.97. The number of benzene rings is 2. The maximum Gasteiger partial charge on any atom is 0.246 e. The highest BCUT2D eigenvalue weighted by Crippen LogP contribution is 2.36. The topological polar surface area (TPSA) is 58.6 Å². The van der Waals surface area contributed by atoms with Crippen molar-refractivity contribution in [3.8, 4) is 5.75 Å². The maximum atomic E-state index is 13.1. The van der Waals surface area contributed by atoms with Crippen molar-refractivity contribution < 1.29 is 13.2 Å². The molecule has 0 aliphatic carbocycles. The molecule has 1 saturated heterocycles. The molecule has 0 aromatic heterocycles. The van der Waals surface area contributed by atoms with Gasteiger partial charge in [-0.1, -0.05) is 36.4 Å². The van der Waals surface area contributed by atoms with Crippen LogP contribution in [0.4, 0.5) is 5.69 Å². The molecule has 2 aromatic carbocycles. The van der Waals surface area contributed by atoms with Crippen molar-refractivity contribution in [3.05, 3.63) is 54.1 Å². The van der Waals surface area contributed by atoms with Crippen molar-refractivity contribution in [2.24, 2.45) is 0 Å². The van der Waals surface area contributed by atoms with Crippen LogP contribution in [0.15, 0.2) is 53.4 Å². The molecule has 0 amide bonds. The Bertz CT molecular complexity index is 862. The molecule has 4 rings (SSSR count). The zero-order valence-corrected chi connectivity index (χ0v) is 15.5. The molecule has 2 aliphatic rings. The summed E-state index contributed by atoms with van der Waals surface area (Å²) >= 11 is 0. The molecule has 2 aromatic rings. The van der Waals surface area contributed by atoms with E-state index in [1.165, 1.54) is 6.42 Å². The first-order valence-electron chi connectivity index (χ1n) is 9.20. The first-order valence-corrected chi connectivity index (χ1v) is 10.7. The number of hydrogen-bond donors (Lipinski definition) is 1. The van der Waals surface area contributed by atoms with Crippen LogP contribution in [0.3, 0.4) is 0 Å². The van der Waals surface area contributed by atoms with Gasteiger partial charge in [0.25, 0.3) is 0 Å². The average molecular weight is 372 g/mol. The molecule has 0 radical (unpaired) electrons. The number of sulfonamides is 1. The first kappa shape index (κ1) is 17.4. The van der Waals surface area contributed by atoms with Gasteiger partial charge in [0.1, 0.15) is 17.3 Å². The first-order chi connectivity index (χ1) is 12.6. The van der Waals surface area contributed by atoms with Crippen LogP contribution in [-0.4, -0.2) is 34.2 Å². The number of hydrogen-bond acceptors (Lipinski definition) is 4. The molecule has 1 fully saturated rings. The fourth-order valence-corrected chi connectivity index (χ4v) is 5.35. The standard InChI is InChI=1S/C20H24N2O3S/c23-26(24)20-18(22-12-5-2-6-13-22)10-7-11-19(20)25-15-17(21-26)14-16-8-3-1-4-9-16/h1,3-4,7-11,17,21H,2,5-6,12-15H2/t17-/m0/s1. The summed E-state index contributed by atoms with van der Waals surface area (Å²) in [6, 6.07) is 15.1. The van der Waals surface area contributed by atoms with E-state index in [-0.39, 0.29) is 10.9 Å². The molecule has 0 spiro atoms. The fraction of sp³-hybridized carbons (Fsp3) is 0.400. The SMILES string of the molecule is O=S1(=O)N[C@@H](Cc2ccccc2)COc2cccc(N3CCCCC3)c21. The van der Waals surface area contributed by atoms with E-state index >= 15 is 0 Å². The Morgan fingerprint density at radius 3 is 2.54 bits per heavy atom. The van der Waals surface area contributed by atoms with Crippen molar-refractivity contribution in [1.29, 1.82) is 0 Å². The number of fused-ring (bicyclic) bond motifs is 1. The minimum atomic E-state index is -3.64. The maximum absolute atomic E-state index is 13.1. The number of ether oxygens (including phenoxy) is 1. The minimum absolute atomic E-state index is 0.288. The number of anilines is 1.